The van der Waals surface area contributed by atoms with Crippen LogP contribution in [0.3, 0.4) is 0 Å². The Morgan fingerprint density at radius 2 is 0.609 bits per heavy atom. The van der Waals surface area contributed by atoms with Crippen molar-refractivity contribution in [3.63, 3.8) is 0 Å². The number of anilines is 1. The largest absolute Gasteiger partial charge is 0.492 e. The third kappa shape index (κ3) is 23.0. The molecule has 0 aliphatic carbocycles. The summed E-state index contributed by atoms with van der Waals surface area (Å²) in [5.74, 6) is 8.88. The van der Waals surface area contributed by atoms with Crippen molar-refractivity contribution in [3.8, 4) is 17.2 Å². The molecule has 0 radical (unpaired) electrons. The summed E-state index contributed by atoms with van der Waals surface area (Å²) in [5.41, 5.74) is 34.3. The van der Waals surface area contributed by atoms with Gasteiger partial charge in [0, 0.05) is 193 Å². The van der Waals surface area contributed by atoms with Crippen molar-refractivity contribution in [3.05, 3.63) is 256 Å². The second-order valence-electron chi connectivity index (χ2n) is 35.3. The lowest BCUT2D eigenvalue weighted by atomic mass is 9.97. The van der Waals surface area contributed by atoms with Crippen LogP contribution < -0.4 is 42.0 Å². The van der Waals surface area contributed by atoms with Gasteiger partial charge in [-0.3, -0.25) is 19.6 Å². The maximum Gasteiger partial charge on any atom is 0.135 e. The number of likely N-dealkylation sites (tertiary alicyclic amines) is 4. The molecule has 12 aliphatic rings. The number of halogens is 7. The Labute approximate surface area is 779 Å². The number of ether oxygens (including phenoxy) is 3. The highest BCUT2D eigenvalue weighted by molar-refractivity contribution is 6.32. The highest BCUT2D eigenvalue weighted by Crippen LogP contribution is 2.39. The smallest absolute Gasteiger partial charge is 0.135 e. The zero-order valence-corrected chi connectivity index (χ0v) is 76.8. The number of amidine groups is 8. The number of likely N-dealkylation sites (N-methyl/N-ethyl adjacent to an activating group) is 1. The van der Waals surface area contributed by atoms with E-state index in [2.05, 4.69) is 177 Å². The van der Waals surface area contributed by atoms with Crippen molar-refractivity contribution in [1.29, 1.82) is 0 Å². The molecule has 4 unspecified atom stereocenters. The molecule has 31 heteroatoms. The number of benzene rings is 8. The van der Waals surface area contributed by atoms with E-state index in [0.29, 0.717) is 112 Å². The first kappa shape index (κ1) is 90.2. The topological polar surface area (TPSA) is 260 Å². The molecule has 0 aromatic heterocycles. The first-order valence-electron chi connectivity index (χ1n) is 44.8. The summed E-state index contributed by atoms with van der Waals surface area (Å²) in [6.07, 6.45) is 14.8. The van der Waals surface area contributed by atoms with Crippen LogP contribution in [0.15, 0.2) is 217 Å². The molecule has 0 saturated carbocycles. The van der Waals surface area contributed by atoms with Crippen LogP contribution in [-0.4, -0.2) is 220 Å². The second kappa shape index (κ2) is 42.0. The average molecular weight is 1850 g/mol. The molecule has 8 aromatic carbocycles. The minimum absolute atomic E-state index is 0.186. The monoisotopic (exact) mass is 1850 g/mol. The van der Waals surface area contributed by atoms with Gasteiger partial charge < -0.3 is 61.6 Å². The molecule has 4 atom stereocenters. The number of fused-ring (bicyclic) bond motifs is 4. The highest BCUT2D eigenvalue weighted by Gasteiger charge is 2.40. The Hall–Kier alpha value is -9.77. The van der Waals surface area contributed by atoms with Crippen LogP contribution in [0.1, 0.15) is 122 Å². The maximum atomic E-state index is 14.0. The lowest BCUT2D eigenvalue weighted by Crippen LogP contribution is -2.52. The van der Waals surface area contributed by atoms with Gasteiger partial charge in [0.05, 0.1) is 25.7 Å². The average Bonchev–Trinajstić information content (AvgIpc) is 1.66. The van der Waals surface area contributed by atoms with Crippen LogP contribution in [0.25, 0.3) is 0 Å². The number of nitrogens with two attached hydrogens (primary N) is 4. The Morgan fingerprint density at radius 1 is 0.320 bits per heavy atom. The molecule has 0 amide bonds. The van der Waals surface area contributed by atoms with Crippen molar-refractivity contribution in [2.75, 3.05) is 90.7 Å². The van der Waals surface area contributed by atoms with E-state index in [0.717, 1.165) is 237 Å². The predicted molar refractivity (Wildman–Crippen MR) is 517 cm³/mol. The minimum atomic E-state index is -0.227. The van der Waals surface area contributed by atoms with E-state index in [1.165, 1.54) is 45.1 Å². The van der Waals surface area contributed by atoms with Crippen LogP contribution in [0, 0.1) is 5.82 Å². The zero-order valence-electron chi connectivity index (χ0n) is 72.3. The molecule has 4 saturated heterocycles. The van der Waals surface area contributed by atoms with Crippen LogP contribution in [0.4, 0.5) is 10.1 Å². The van der Waals surface area contributed by atoms with E-state index < -0.39 is 0 Å². The van der Waals surface area contributed by atoms with Gasteiger partial charge in [-0.2, -0.15) is 0 Å². The van der Waals surface area contributed by atoms with Crippen LogP contribution in [0.2, 0.25) is 30.1 Å². The van der Waals surface area contributed by atoms with Gasteiger partial charge in [-0.05, 0) is 214 Å². The number of rotatable bonds is 12. The summed E-state index contributed by atoms with van der Waals surface area (Å²) in [7, 11) is 2.19. The molecule has 4 fully saturated rings. The maximum absolute atomic E-state index is 14.0. The van der Waals surface area contributed by atoms with Gasteiger partial charge >= 0.3 is 0 Å². The summed E-state index contributed by atoms with van der Waals surface area (Å²) < 4.78 is 32.7. The first-order chi connectivity index (χ1) is 62.2. The molecule has 128 heavy (non-hydrogen) atoms. The van der Waals surface area contributed by atoms with E-state index in [1.807, 2.05) is 72.8 Å². The Kier molecular flexibility index (Phi) is 29.6. The van der Waals surface area contributed by atoms with Gasteiger partial charge in [-0.15, -0.1) is 40.8 Å². The molecular weight excluding hydrogens is 1740 g/mol. The molecule has 672 valence electrons. The van der Waals surface area contributed by atoms with Gasteiger partial charge in [-0.1, -0.05) is 136 Å². The van der Waals surface area contributed by atoms with Crippen LogP contribution in [-0.2, 0) is 51.9 Å². The van der Waals surface area contributed by atoms with Crippen molar-refractivity contribution in [2.24, 2.45) is 63.7 Å². The van der Waals surface area contributed by atoms with Gasteiger partial charge in [0.2, 0.25) is 0 Å². The van der Waals surface area contributed by atoms with Crippen LogP contribution in [0.5, 0.6) is 17.2 Å². The van der Waals surface area contributed by atoms with E-state index in [9.17, 15) is 4.39 Å². The van der Waals surface area contributed by atoms with E-state index in [-0.39, 0.29) is 17.9 Å². The highest BCUT2D eigenvalue weighted by atomic mass is 35.5. The Balaban J connectivity index is 0.000000120. The third-order valence-electron chi connectivity index (χ3n) is 26.8. The number of para-hydroxylation sites is 1. The lowest BCUT2D eigenvalue weighted by molar-refractivity contribution is 0.0670. The molecule has 12 aliphatic heterocycles. The van der Waals surface area contributed by atoms with E-state index in [4.69, 9.17) is 107 Å². The fourth-order valence-corrected chi connectivity index (χ4v) is 20.9. The van der Waals surface area contributed by atoms with Gasteiger partial charge in [-0.25, -0.2) is 4.39 Å². The van der Waals surface area contributed by atoms with Crippen LogP contribution >= 0.6 is 69.6 Å². The molecule has 20 rings (SSSR count). The van der Waals surface area contributed by atoms with Gasteiger partial charge in [0.1, 0.15) is 89.6 Å². The number of hydrogen-bond donors (Lipinski definition) is 4. The van der Waals surface area contributed by atoms with Crippen molar-refractivity contribution < 1.29 is 18.6 Å². The predicted octanol–water partition coefficient (Wildman–Crippen LogP) is 16.2. The van der Waals surface area contributed by atoms with E-state index in [1.54, 1.807) is 12.1 Å². The molecule has 12 heterocycles. The van der Waals surface area contributed by atoms with Gasteiger partial charge in [0.25, 0.3) is 0 Å². The second-order valence-corrected chi connectivity index (χ2v) is 38.0. The Bertz CT molecular complexity index is 5270. The molecule has 8 aromatic rings. The first-order valence-corrected chi connectivity index (χ1v) is 47.1. The SMILES string of the molecule is CN1CC(Cc2ccc(Cl)cc2)N(C2CCN(C3=NN=C(N)C3)CC2)Cc2cc(Cl)ccc21.NC1=NN=C(N2CCC(N3Cc4cc(Cl)ccc4OCC3Cc3ccc(Cl)cc3)CC2)C1.NC1=NN=C(N2CCC(N3Cc4cc(F)ccc4OCC3Cc3ccc(Cl)cc3)CC2)C1.NC1=NN=C(N2CCC(N3Cc4ccccc4OCC3Cc3ccc(Cl)cc3)CC2)C1. The Morgan fingerprint density at radius 3 is 0.969 bits per heavy atom. The third-order valence-corrected chi connectivity index (χ3v) is 28.3. The summed E-state index contributed by atoms with van der Waals surface area (Å²) in [6, 6.07) is 61.1. The fraction of sp³-hybridized carbons (Fsp3) is 0.423. The van der Waals surface area contributed by atoms with Gasteiger partial charge in [0.15, 0.2) is 0 Å². The molecular formula is C97H112Cl6FN21O3. The van der Waals surface area contributed by atoms with E-state index >= 15 is 0 Å². The molecule has 8 N–H and O–H groups in total. The van der Waals surface area contributed by atoms with Crippen molar-refractivity contribution in [1.82, 2.24) is 39.2 Å². The molecule has 0 spiro atoms. The summed E-state index contributed by atoms with van der Waals surface area (Å²) in [4.78, 5) is 22.2. The summed E-state index contributed by atoms with van der Waals surface area (Å²) >= 11 is 37.2. The number of hydrogen-bond acceptors (Lipinski definition) is 24. The minimum Gasteiger partial charge on any atom is -0.492 e. The standard InChI is InChI=1S/C25H30Cl2N6.C24H27Cl2N5O.C24H27ClFN5O.C24H28ClN5O/c1-31-16-22(12-17-2-4-19(26)5-3-17)33(15-18-13-20(27)6-7-23(18)31)21-8-10-32(11-9-21)25-14-24(28)29-30-25;2*25-18-3-1-16(2-4-18)11-21-15-32-22-6-5-19(26)12-17(22)14-31(21)20-7-9-30(10-8-20)24-13-23(27)28-29-24;25-19-7-5-17(6-8-19)13-21-16-31-22-4-2-1-3-18(22)15-30(21)20-9-11-29(12-10-20)24-14-23(26)27-28-24/h2-7,13,21-22H,8-12,14-16H2,1H3,(H2,28,29);2*1-6,12,20-21H,7-11,13-15H2,(H2,27,28);1-8,20-21H,9-16H2,(H2,26,27). The summed E-state index contributed by atoms with van der Waals surface area (Å²) in [5, 5.41) is 37.6. The number of piperidine rings is 4. The molecule has 0 bridgehead atoms. The quantitative estimate of drug-likeness (QED) is 0.0886. The zero-order chi connectivity index (χ0) is 88.3. The normalized spacial score (nSPS) is 22.1. The van der Waals surface area contributed by atoms with Crippen molar-refractivity contribution in [2.45, 2.75) is 177 Å². The van der Waals surface area contributed by atoms with Crippen molar-refractivity contribution >= 4 is 122 Å². The summed E-state index contributed by atoms with van der Waals surface area (Å²) in [6.45, 7) is 13.9. The number of nitrogens with zero attached hydrogens (tertiary/aromatic N) is 17. The molecule has 24 nitrogen and oxygen atoms in total. The lowest BCUT2D eigenvalue weighted by Gasteiger charge is -2.42. The fourth-order valence-electron chi connectivity index (χ4n) is 20.1.